The second-order valence-corrected chi connectivity index (χ2v) is 6.67. The zero-order valence-electron chi connectivity index (χ0n) is 14.2. The minimum Gasteiger partial charge on any atom is -0.497 e. The molecule has 0 amide bonds. The first-order valence-electron chi connectivity index (χ1n) is 7.88. The van der Waals surface area contributed by atoms with E-state index in [0.717, 1.165) is 25.1 Å². The lowest BCUT2D eigenvalue weighted by atomic mass is 9.58. The maximum absolute atomic E-state index is 11.4. The predicted octanol–water partition coefficient (Wildman–Crippen LogP) is 3.13. The molecule has 1 heterocycles. The molecule has 0 aromatic heterocycles. The van der Waals surface area contributed by atoms with Crippen LogP contribution in [0, 0.1) is 6.92 Å². The highest BCUT2D eigenvalue weighted by Crippen LogP contribution is 2.49. The Labute approximate surface area is 128 Å². The van der Waals surface area contributed by atoms with Gasteiger partial charge in [-0.15, -0.1) is 0 Å². The van der Waals surface area contributed by atoms with Gasteiger partial charge in [-0.2, -0.15) is 0 Å². The summed E-state index contributed by atoms with van der Waals surface area (Å²) in [7, 11) is 3.79. The van der Waals surface area contributed by atoms with Crippen LogP contribution in [0.5, 0.6) is 5.75 Å². The van der Waals surface area contributed by atoms with Crippen LogP contribution in [0.2, 0.25) is 0 Å². The predicted molar refractivity (Wildman–Crippen MR) is 87.0 cm³/mol. The van der Waals surface area contributed by atoms with Gasteiger partial charge < -0.3 is 14.7 Å². The van der Waals surface area contributed by atoms with Gasteiger partial charge in [-0.25, -0.2) is 0 Å². The smallest absolute Gasteiger partial charge is 0.119 e. The number of hydrogen-bond donors (Lipinski definition) is 1. The molecule has 2 rings (SSSR count). The molecule has 0 saturated carbocycles. The molecule has 3 atom stereocenters. The SMILES string of the molecule is CCC1(c2cc(OC)ccc2C)CCN(C)C(C)C1(C)O. The maximum atomic E-state index is 11.4. The first-order valence-corrected chi connectivity index (χ1v) is 7.88. The molecule has 21 heavy (non-hydrogen) atoms. The number of likely N-dealkylation sites (N-methyl/N-ethyl adjacent to an activating group) is 1. The van der Waals surface area contributed by atoms with Crippen molar-refractivity contribution in [2.75, 3.05) is 20.7 Å². The maximum Gasteiger partial charge on any atom is 0.119 e. The quantitative estimate of drug-likeness (QED) is 0.928. The molecule has 1 N–H and O–H groups in total. The van der Waals surface area contributed by atoms with E-state index >= 15 is 0 Å². The highest BCUT2D eigenvalue weighted by molar-refractivity contribution is 5.43. The van der Waals surface area contributed by atoms with Crippen LogP contribution in [0.3, 0.4) is 0 Å². The van der Waals surface area contributed by atoms with Crippen LogP contribution in [0.4, 0.5) is 0 Å². The summed E-state index contributed by atoms with van der Waals surface area (Å²) in [5, 5.41) is 11.4. The third-order valence-corrected chi connectivity index (χ3v) is 5.90. The molecule has 1 aromatic rings. The third kappa shape index (κ3) is 2.36. The molecule has 1 aliphatic heterocycles. The average Bonchev–Trinajstić information content (AvgIpc) is 2.47. The lowest BCUT2D eigenvalue weighted by Crippen LogP contribution is -2.65. The standard InChI is InChI=1S/C18H29NO2/c1-7-18(10-11-19(5)14(3)17(18,4)20)16-12-15(21-6)9-8-13(16)2/h8-9,12,14,20H,7,10-11H2,1-6H3. The number of nitrogens with zero attached hydrogens (tertiary/aromatic N) is 1. The first kappa shape index (κ1) is 16.3. The summed E-state index contributed by atoms with van der Waals surface area (Å²) in [6.07, 6.45) is 1.89. The summed E-state index contributed by atoms with van der Waals surface area (Å²) in [6, 6.07) is 6.34. The Kier molecular flexibility index (Phi) is 4.36. The Bertz CT molecular complexity index is 512. The minimum atomic E-state index is -0.772. The molecule has 0 bridgehead atoms. The van der Waals surface area contributed by atoms with Crippen molar-refractivity contribution in [3.63, 3.8) is 0 Å². The highest BCUT2D eigenvalue weighted by atomic mass is 16.5. The molecular formula is C18H29NO2. The van der Waals surface area contributed by atoms with E-state index in [1.54, 1.807) is 7.11 Å². The topological polar surface area (TPSA) is 32.7 Å². The van der Waals surface area contributed by atoms with Gasteiger partial charge in [0.05, 0.1) is 12.7 Å². The summed E-state index contributed by atoms with van der Waals surface area (Å²) in [4.78, 5) is 2.25. The van der Waals surface area contributed by atoms with Gasteiger partial charge in [0.1, 0.15) is 5.75 Å². The van der Waals surface area contributed by atoms with Gasteiger partial charge in [-0.05, 0) is 70.5 Å². The molecule has 118 valence electrons. The van der Waals surface area contributed by atoms with Crippen LogP contribution in [0.15, 0.2) is 18.2 Å². The number of aliphatic hydroxyl groups is 1. The first-order chi connectivity index (χ1) is 9.80. The number of likely N-dealkylation sites (tertiary alicyclic amines) is 1. The number of rotatable bonds is 3. The van der Waals surface area contributed by atoms with Crippen molar-refractivity contribution in [1.29, 1.82) is 0 Å². The number of benzene rings is 1. The monoisotopic (exact) mass is 291 g/mol. The molecule has 3 heteroatoms. The van der Waals surface area contributed by atoms with Gasteiger partial charge in [-0.3, -0.25) is 0 Å². The number of piperidine rings is 1. The molecule has 0 aliphatic carbocycles. The van der Waals surface area contributed by atoms with E-state index in [-0.39, 0.29) is 11.5 Å². The van der Waals surface area contributed by atoms with Crippen LogP contribution in [-0.2, 0) is 5.41 Å². The fraction of sp³-hybridized carbons (Fsp3) is 0.667. The Morgan fingerprint density at radius 3 is 2.67 bits per heavy atom. The van der Waals surface area contributed by atoms with Crippen molar-refractivity contribution >= 4 is 0 Å². The van der Waals surface area contributed by atoms with Gasteiger partial charge in [0, 0.05) is 11.5 Å². The fourth-order valence-electron chi connectivity index (χ4n) is 4.02. The second kappa shape index (κ2) is 5.62. The molecule has 1 aromatic carbocycles. The van der Waals surface area contributed by atoms with Crippen LogP contribution in [-0.4, -0.2) is 42.4 Å². The zero-order valence-corrected chi connectivity index (χ0v) is 14.2. The van der Waals surface area contributed by atoms with Crippen molar-refractivity contribution in [2.45, 2.75) is 57.6 Å². The van der Waals surface area contributed by atoms with E-state index in [0.29, 0.717) is 0 Å². The molecular weight excluding hydrogens is 262 g/mol. The minimum absolute atomic E-state index is 0.122. The van der Waals surface area contributed by atoms with Gasteiger partial charge >= 0.3 is 0 Å². The largest absolute Gasteiger partial charge is 0.497 e. The zero-order chi connectivity index (χ0) is 15.8. The van der Waals surface area contributed by atoms with E-state index in [2.05, 4.69) is 44.9 Å². The second-order valence-electron chi connectivity index (χ2n) is 6.67. The van der Waals surface area contributed by atoms with Gasteiger partial charge in [-0.1, -0.05) is 13.0 Å². The van der Waals surface area contributed by atoms with Gasteiger partial charge in [0.2, 0.25) is 0 Å². The molecule has 1 aliphatic rings. The van der Waals surface area contributed by atoms with Crippen molar-refractivity contribution < 1.29 is 9.84 Å². The molecule has 1 fully saturated rings. The normalized spacial score (nSPS) is 34.0. The highest BCUT2D eigenvalue weighted by Gasteiger charge is 2.54. The Morgan fingerprint density at radius 2 is 2.10 bits per heavy atom. The van der Waals surface area contributed by atoms with Crippen LogP contribution < -0.4 is 4.74 Å². The molecule has 3 nitrogen and oxygen atoms in total. The molecule has 3 unspecified atom stereocenters. The van der Waals surface area contributed by atoms with E-state index in [4.69, 9.17) is 4.74 Å². The molecule has 1 saturated heterocycles. The summed E-state index contributed by atoms with van der Waals surface area (Å²) in [5.74, 6) is 0.866. The van der Waals surface area contributed by atoms with Gasteiger partial charge in [0.15, 0.2) is 0 Å². The van der Waals surface area contributed by atoms with E-state index < -0.39 is 5.60 Å². The number of hydrogen-bond acceptors (Lipinski definition) is 3. The third-order valence-electron chi connectivity index (χ3n) is 5.90. The van der Waals surface area contributed by atoms with Crippen molar-refractivity contribution in [3.05, 3.63) is 29.3 Å². The van der Waals surface area contributed by atoms with Gasteiger partial charge in [0.25, 0.3) is 0 Å². The summed E-state index contributed by atoms with van der Waals surface area (Å²) < 4.78 is 5.41. The van der Waals surface area contributed by atoms with Crippen molar-refractivity contribution in [2.24, 2.45) is 0 Å². The van der Waals surface area contributed by atoms with E-state index in [1.165, 1.54) is 11.1 Å². The average molecular weight is 291 g/mol. The molecule has 0 radical (unpaired) electrons. The van der Waals surface area contributed by atoms with E-state index in [1.807, 2.05) is 13.0 Å². The Morgan fingerprint density at radius 1 is 1.43 bits per heavy atom. The summed E-state index contributed by atoms with van der Waals surface area (Å²) in [6.45, 7) is 9.44. The number of aryl methyl sites for hydroxylation is 1. The van der Waals surface area contributed by atoms with Crippen LogP contribution in [0.25, 0.3) is 0 Å². The van der Waals surface area contributed by atoms with Crippen LogP contribution >= 0.6 is 0 Å². The molecule has 0 spiro atoms. The lowest BCUT2D eigenvalue weighted by Gasteiger charge is -2.56. The number of methoxy groups -OCH3 is 1. The van der Waals surface area contributed by atoms with Crippen LogP contribution in [0.1, 0.15) is 44.7 Å². The lowest BCUT2D eigenvalue weighted by molar-refractivity contribution is -0.116. The summed E-state index contributed by atoms with van der Waals surface area (Å²) >= 11 is 0. The Balaban J connectivity index is 2.61. The van der Waals surface area contributed by atoms with E-state index in [9.17, 15) is 5.11 Å². The fourth-order valence-corrected chi connectivity index (χ4v) is 4.02. The van der Waals surface area contributed by atoms with Crippen molar-refractivity contribution in [3.8, 4) is 5.75 Å². The van der Waals surface area contributed by atoms with Crippen molar-refractivity contribution in [1.82, 2.24) is 4.90 Å². The Hall–Kier alpha value is -1.06. The number of ether oxygens (including phenoxy) is 1. The summed E-state index contributed by atoms with van der Waals surface area (Å²) in [5.41, 5.74) is 1.47.